The number of hydrogen-bond donors (Lipinski definition) is 0. The first-order chi connectivity index (χ1) is 12.1. The third-order valence-electron chi connectivity index (χ3n) is 3.55. The van der Waals surface area contributed by atoms with Crippen molar-refractivity contribution >= 4 is 23.6 Å². The Balaban J connectivity index is 1.60. The molecule has 1 aromatic heterocycles. The average Bonchev–Trinajstić information content (AvgIpc) is 3.01. The summed E-state index contributed by atoms with van der Waals surface area (Å²) in [6.07, 6.45) is 3.04. The highest BCUT2D eigenvalue weighted by molar-refractivity contribution is 6.30. The predicted molar refractivity (Wildman–Crippen MR) is 97.0 cm³/mol. The summed E-state index contributed by atoms with van der Waals surface area (Å²) < 4.78 is 10.9. The number of oxazole rings is 1. The van der Waals surface area contributed by atoms with Crippen LogP contribution >= 0.6 is 11.6 Å². The Bertz CT molecular complexity index is 883. The number of hydrogen-bond acceptors (Lipinski definition) is 4. The molecule has 0 unspecified atom stereocenters. The Kier molecular flexibility index (Phi) is 5.31. The van der Waals surface area contributed by atoms with Crippen LogP contribution in [0.25, 0.3) is 17.5 Å². The van der Waals surface area contributed by atoms with Crippen molar-refractivity contribution < 1.29 is 13.9 Å². The van der Waals surface area contributed by atoms with Crippen molar-refractivity contribution in [1.82, 2.24) is 4.98 Å². The number of aryl methyl sites for hydroxylation is 1. The number of esters is 1. The Hall–Kier alpha value is -2.85. The molecule has 0 radical (unpaired) electrons. The summed E-state index contributed by atoms with van der Waals surface area (Å²) >= 11 is 5.82. The second kappa shape index (κ2) is 7.81. The van der Waals surface area contributed by atoms with Crippen LogP contribution < -0.4 is 0 Å². The van der Waals surface area contributed by atoms with Crippen molar-refractivity contribution in [3.63, 3.8) is 0 Å². The van der Waals surface area contributed by atoms with Crippen LogP contribution in [-0.2, 0) is 16.1 Å². The fraction of sp³-hybridized carbons (Fsp3) is 0.100. The van der Waals surface area contributed by atoms with Gasteiger partial charge in [0.2, 0.25) is 5.89 Å². The number of rotatable bonds is 5. The molecule has 0 saturated carbocycles. The molecule has 5 heteroatoms. The minimum Gasteiger partial charge on any atom is -0.456 e. The van der Waals surface area contributed by atoms with Crippen LogP contribution in [0.1, 0.15) is 17.0 Å². The quantitative estimate of drug-likeness (QED) is 0.475. The summed E-state index contributed by atoms with van der Waals surface area (Å²) in [5.41, 5.74) is 2.35. The van der Waals surface area contributed by atoms with Gasteiger partial charge in [0.15, 0.2) is 0 Å². The molecule has 0 aliphatic rings. The van der Waals surface area contributed by atoms with E-state index in [9.17, 15) is 4.79 Å². The second-order valence-corrected chi connectivity index (χ2v) is 5.82. The number of carbonyl (C=O) groups is 1. The first-order valence-electron chi connectivity index (χ1n) is 7.74. The van der Waals surface area contributed by atoms with E-state index in [1.807, 2.05) is 42.5 Å². The lowest BCUT2D eigenvalue weighted by Crippen LogP contribution is -2.02. The normalized spacial score (nSPS) is 11.0. The second-order valence-electron chi connectivity index (χ2n) is 5.38. The molecule has 0 N–H and O–H groups in total. The molecular formula is C20H16ClNO3. The van der Waals surface area contributed by atoms with Gasteiger partial charge in [0.25, 0.3) is 0 Å². The monoisotopic (exact) mass is 353 g/mol. The van der Waals surface area contributed by atoms with Gasteiger partial charge in [-0.3, -0.25) is 0 Å². The zero-order valence-corrected chi connectivity index (χ0v) is 14.4. The summed E-state index contributed by atoms with van der Waals surface area (Å²) in [6, 6.07) is 16.7. The van der Waals surface area contributed by atoms with Gasteiger partial charge in [-0.25, -0.2) is 9.78 Å². The predicted octanol–water partition coefficient (Wildman–Crippen LogP) is 5.06. The molecule has 0 bridgehead atoms. The van der Waals surface area contributed by atoms with E-state index in [-0.39, 0.29) is 6.61 Å². The first kappa shape index (κ1) is 17.0. The number of carbonyl (C=O) groups excluding carboxylic acids is 1. The van der Waals surface area contributed by atoms with Gasteiger partial charge in [0.1, 0.15) is 18.1 Å². The van der Waals surface area contributed by atoms with Gasteiger partial charge in [-0.1, -0.05) is 41.9 Å². The maximum absolute atomic E-state index is 11.9. The molecule has 3 aromatic rings. The highest BCUT2D eigenvalue weighted by Crippen LogP contribution is 2.21. The van der Waals surface area contributed by atoms with Crippen molar-refractivity contribution in [2.24, 2.45) is 0 Å². The van der Waals surface area contributed by atoms with Crippen molar-refractivity contribution in [2.75, 3.05) is 0 Å². The fourth-order valence-electron chi connectivity index (χ4n) is 2.19. The lowest BCUT2D eigenvalue weighted by Gasteiger charge is -1.99. The van der Waals surface area contributed by atoms with E-state index >= 15 is 0 Å². The number of aromatic nitrogens is 1. The summed E-state index contributed by atoms with van der Waals surface area (Å²) in [7, 11) is 0. The molecule has 25 heavy (non-hydrogen) atoms. The molecule has 0 aliphatic heterocycles. The molecule has 0 saturated heterocycles. The topological polar surface area (TPSA) is 52.3 Å². The number of nitrogens with zero attached hydrogens (tertiary/aromatic N) is 1. The molecule has 0 aliphatic carbocycles. The van der Waals surface area contributed by atoms with Crippen LogP contribution in [0.15, 0.2) is 65.1 Å². The maximum Gasteiger partial charge on any atom is 0.331 e. The molecular weight excluding hydrogens is 338 g/mol. The van der Waals surface area contributed by atoms with Crippen molar-refractivity contribution in [3.05, 3.63) is 82.7 Å². The summed E-state index contributed by atoms with van der Waals surface area (Å²) in [4.78, 5) is 16.2. The minimum atomic E-state index is -0.446. The van der Waals surface area contributed by atoms with E-state index in [1.54, 1.807) is 25.1 Å². The van der Waals surface area contributed by atoms with Gasteiger partial charge in [-0.15, -0.1) is 0 Å². The Morgan fingerprint density at radius 2 is 1.88 bits per heavy atom. The van der Waals surface area contributed by atoms with E-state index < -0.39 is 5.97 Å². The van der Waals surface area contributed by atoms with Crippen LogP contribution in [0, 0.1) is 6.92 Å². The van der Waals surface area contributed by atoms with Gasteiger partial charge in [-0.05, 0) is 42.8 Å². The third kappa shape index (κ3) is 4.58. The van der Waals surface area contributed by atoms with Gasteiger partial charge < -0.3 is 9.15 Å². The van der Waals surface area contributed by atoms with Crippen molar-refractivity contribution in [3.8, 4) is 11.5 Å². The highest BCUT2D eigenvalue weighted by Gasteiger charge is 2.12. The molecule has 0 amide bonds. The lowest BCUT2D eigenvalue weighted by molar-refractivity contribution is -0.139. The van der Waals surface area contributed by atoms with E-state index in [4.69, 9.17) is 20.8 Å². The number of benzene rings is 2. The fourth-order valence-corrected chi connectivity index (χ4v) is 2.32. The minimum absolute atomic E-state index is 0.0615. The molecule has 3 rings (SSSR count). The van der Waals surface area contributed by atoms with Gasteiger partial charge in [0.05, 0.1) is 0 Å². The van der Waals surface area contributed by atoms with Crippen LogP contribution in [0.5, 0.6) is 0 Å². The van der Waals surface area contributed by atoms with Gasteiger partial charge >= 0.3 is 5.97 Å². The van der Waals surface area contributed by atoms with Gasteiger partial charge in [-0.2, -0.15) is 0 Å². The standard InChI is InChI=1S/C20H16ClNO3/c1-14-18(22-20(25-14)16-5-3-2-4-6-16)13-24-19(23)12-9-15-7-10-17(21)11-8-15/h2-12H,13H2,1H3. The van der Waals surface area contributed by atoms with Crippen molar-refractivity contribution in [2.45, 2.75) is 13.5 Å². The molecule has 2 aromatic carbocycles. The maximum atomic E-state index is 11.9. The van der Waals surface area contributed by atoms with E-state index in [2.05, 4.69) is 4.98 Å². The zero-order chi connectivity index (χ0) is 17.6. The Morgan fingerprint density at radius 3 is 2.60 bits per heavy atom. The molecule has 4 nitrogen and oxygen atoms in total. The van der Waals surface area contributed by atoms with Crippen LogP contribution in [0.3, 0.4) is 0 Å². The molecule has 0 fully saturated rings. The average molecular weight is 354 g/mol. The van der Waals surface area contributed by atoms with E-state index in [1.165, 1.54) is 6.08 Å². The molecule has 126 valence electrons. The summed E-state index contributed by atoms with van der Waals surface area (Å²) in [5.74, 6) is 0.702. The molecule has 1 heterocycles. The third-order valence-corrected chi connectivity index (χ3v) is 3.80. The summed E-state index contributed by atoms with van der Waals surface area (Å²) in [5, 5.41) is 0.649. The smallest absolute Gasteiger partial charge is 0.331 e. The van der Waals surface area contributed by atoms with Crippen LogP contribution in [-0.4, -0.2) is 11.0 Å². The lowest BCUT2D eigenvalue weighted by atomic mass is 10.2. The zero-order valence-electron chi connectivity index (χ0n) is 13.6. The Labute approximate surface area is 150 Å². The number of halogens is 1. The van der Waals surface area contributed by atoms with Crippen LogP contribution in [0.4, 0.5) is 0 Å². The first-order valence-corrected chi connectivity index (χ1v) is 8.12. The highest BCUT2D eigenvalue weighted by atomic mass is 35.5. The van der Waals surface area contributed by atoms with E-state index in [0.29, 0.717) is 22.4 Å². The Morgan fingerprint density at radius 1 is 1.16 bits per heavy atom. The SMILES string of the molecule is Cc1oc(-c2ccccc2)nc1COC(=O)C=Cc1ccc(Cl)cc1. The molecule has 0 atom stereocenters. The van der Waals surface area contributed by atoms with E-state index in [0.717, 1.165) is 11.1 Å². The number of ether oxygens (including phenoxy) is 1. The largest absolute Gasteiger partial charge is 0.456 e. The summed E-state index contributed by atoms with van der Waals surface area (Å²) in [6.45, 7) is 1.86. The van der Waals surface area contributed by atoms with Crippen LogP contribution in [0.2, 0.25) is 5.02 Å². The van der Waals surface area contributed by atoms with Gasteiger partial charge in [0, 0.05) is 16.7 Å². The molecule has 0 spiro atoms. The van der Waals surface area contributed by atoms with Crippen molar-refractivity contribution in [1.29, 1.82) is 0 Å².